The van der Waals surface area contributed by atoms with E-state index in [4.69, 9.17) is 4.74 Å². The third kappa shape index (κ3) is 5.65. The fourth-order valence-corrected chi connectivity index (χ4v) is 2.00. The van der Waals surface area contributed by atoms with Crippen LogP contribution in [0.15, 0.2) is 82.8 Å². The molecule has 0 aliphatic heterocycles. The molecule has 122 valence electrons. The minimum absolute atomic E-state index is 0.459. The zero-order valence-corrected chi connectivity index (χ0v) is 13.7. The third-order valence-electron chi connectivity index (χ3n) is 3.36. The molecule has 0 unspecified atom stereocenters. The number of benzene rings is 1. The maximum atomic E-state index is 11.2. The largest absolute Gasteiger partial charge is 0.428 e. The van der Waals surface area contributed by atoms with E-state index in [1.807, 2.05) is 30.4 Å². The standard InChI is InChI=1S/C20H20N2O2/c1-3-16-8-10-18(11-9-16)15-22-21-14-17-6-5-7-19(13-12-17)24-20(23)4-2/h4-6,8-15H,2-3,7H2,1H3/b21-14+,22-15+. The first-order valence-electron chi connectivity index (χ1n) is 7.78. The van der Waals surface area contributed by atoms with Gasteiger partial charge < -0.3 is 4.74 Å². The molecule has 0 radical (unpaired) electrons. The first-order chi connectivity index (χ1) is 11.7. The van der Waals surface area contributed by atoms with Crippen molar-refractivity contribution in [3.05, 3.63) is 83.7 Å². The minimum atomic E-state index is -0.459. The van der Waals surface area contributed by atoms with Crippen molar-refractivity contribution in [3.63, 3.8) is 0 Å². The van der Waals surface area contributed by atoms with Crippen molar-refractivity contribution in [3.8, 4) is 0 Å². The summed E-state index contributed by atoms with van der Waals surface area (Å²) in [6.45, 7) is 5.50. The highest BCUT2D eigenvalue weighted by Crippen LogP contribution is 2.12. The summed E-state index contributed by atoms with van der Waals surface area (Å²) < 4.78 is 5.11. The normalized spacial score (nSPS) is 14.4. The average molecular weight is 320 g/mol. The van der Waals surface area contributed by atoms with Gasteiger partial charge in [0.2, 0.25) is 0 Å². The van der Waals surface area contributed by atoms with E-state index in [-0.39, 0.29) is 0 Å². The average Bonchev–Trinajstić information content (AvgIpc) is 2.84. The molecule has 0 atom stereocenters. The van der Waals surface area contributed by atoms with Gasteiger partial charge in [0.25, 0.3) is 0 Å². The molecule has 24 heavy (non-hydrogen) atoms. The quantitative estimate of drug-likeness (QED) is 0.342. The number of ether oxygens (including phenoxy) is 1. The Kier molecular flexibility index (Phi) is 6.65. The number of allylic oxidation sites excluding steroid dienone is 5. The van der Waals surface area contributed by atoms with Gasteiger partial charge in [-0.25, -0.2) is 4.79 Å². The maximum absolute atomic E-state index is 11.2. The van der Waals surface area contributed by atoms with Crippen LogP contribution in [0.2, 0.25) is 0 Å². The number of rotatable bonds is 6. The Bertz CT molecular complexity index is 735. The molecule has 1 aromatic rings. The number of hydrogen-bond acceptors (Lipinski definition) is 4. The van der Waals surface area contributed by atoms with Gasteiger partial charge in [-0.1, -0.05) is 56.0 Å². The molecule has 0 fully saturated rings. The van der Waals surface area contributed by atoms with Crippen molar-refractivity contribution in [1.29, 1.82) is 0 Å². The van der Waals surface area contributed by atoms with Crippen LogP contribution in [0.3, 0.4) is 0 Å². The molecule has 2 rings (SSSR count). The fraction of sp³-hybridized carbons (Fsp3) is 0.150. The predicted molar refractivity (Wildman–Crippen MR) is 98.1 cm³/mol. The lowest BCUT2D eigenvalue weighted by molar-refractivity contribution is -0.133. The molecule has 0 saturated carbocycles. The van der Waals surface area contributed by atoms with Crippen LogP contribution in [0.25, 0.3) is 0 Å². The van der Waals surface area contributed by atoms with Crippen LogP contribution < -0.4 is 0 Å². The van der Waals surface area contributed by atoms with Gasteiger partial charge >= 0.3 is 5.97 Å². The van der Waals surface area contributed by atoms with E-state index in [0.29, 0.717) is 12.2 Å². The van der Waals surface area contributed by atoms with E-state index in [0.717, 1.165) is 23.6 Å². The molecular weight excluding hydrogens is 300 g/mol. The van der Waals surface area contributed by atoms with E-state index in [1.165, 1.54) is 5.56 Å². The molecule has 0 bridgehead atoms. The van der Waals surface area contributed by atoms with Gasteiger partial charge in [-0.2, -0.15) is 10.2 Å². The lowest BCUT2D eigenvalue weighted by Crippen LogP contribution is -1.99. The van der Waals surface area contributed by atoms with E-state index in [1.54, 1.807) is 18.5 Å². The second kappa shape index (κ2) is 9.20. The Hall–Kier alpha value is -3.01. The van der Waals surface area contributed by atoms with E-state index in [9.17, 15) is 4.79 Å². The molecule has 0 heterocycles. The molecule has 1 aromatic carbocycles. The lowest BCUT2D eigenvalue weighted by atomic mass is 10.1. The van der Waals surface area contributed by atoms with Crippen molar-refractivity contribution >= 4 is 18.4 Å². The molecule has 1 aliphatic rings. The summed E-state index contributed by atoms with van der Waals surface area (Å²) >= 11 is 0. The molecular formula is C20H20N2O2. The molecule has 0 spiro atoms. The Labute approximate surface area is 142 Å². The molecule has 4 heteroatoms. The van der Waals surface area contributed by atoms with Gasteiger partial charge in [0.1, 0.15) is 5.76 Å². The van der Waals surface area contributed by atoms with E-state index in [2.05, 4.69) is 35.8 Å². The number of aryl methyl sites for hydroxylation is 1. The fourth-order valence-electron chi connectivity index (χ4n) is 2.00. The summed E-state index contributed by atoms with van der Waals surface area (Å²) in [6, 6.07) is 8.20. The Balaban J connectivity index is 1.96. The Morgan fingerprint density at radius 2 is 1.96 bits per heavy atom. The zero-order chi connectivity index (χ0) is 17.2. The van der Waals surface area contributed by atoms with E-state index < -0.39 is 5.97 Å². The number of hydrogen-bond donors (Lipinski definition) is 0. The van der Waals surface area contributed by atoms with Gasteiger partial charge in [-0.15, -0.1) is 0 Å². The van der Waals surface area contributed by atoms with Crippen molar-refractivity contribution in [2.75, 3.05) is 0 Å². The number of nitrogens with zero attached hydrogens (tertiary/aromatic N) is 2. The van der Waals surface area contributed by atoms with Gasteiger partial charge in [0.05, 0.1) is 12.4 Å². The second-order valence-electron chi connectivity index (χ2n) is 5.12. The molecule has 0 saturated heterocycles. The van der Waals surface area contributed by atoms with Crippen molar-refractivity contribution in [2.45, 2.75) is 19.8 Å². The summed E-state index contributed by atoms with van der Waals surface area (Å²) in [5, 5.41) is 8.10. The van der Waals surface area contributed by atoms with Gasteiger partial charge in [-0.05, 0) is 29.2 Å². The first kappa shape index (κ1) is 17.3. The molecule has 0 N–H and O–H groups in total. The van der Waals surface area contributed by atoms with Crippen LogP contribution in [0.4, 0.5) is 0 Å². The Morgan fingerprint density at radius 1 is 1.21 bits per heavy atom. The van der Waals surface area contributed by atoms with Crippen LogP contribution in [0.1, 0.15) is 24.5 Å². The maximum Gasteiger partial charge on any atom is 0.335 e. The van der Waals surface area contributed by atoms with Crippen molar-refractivity contribution < 1.29 is 9.53 Å². The van der Waals surface area contributed by atoms with Crippen molar-refractivity contribution in [1.82, 2.24) is 0 Å². The first-order valence-corrected chi connectivity index (χ1v) is 7.78. The third-order valence-corrected chi connectivity index (χ3v) is 3.36. The van der Waals surface area contributed by atoms with Crippen LogP contribution >= 0.6 is 0 Å². The molecule has 0 amide bonds. The summed E-state index contributed by atoms with van der Waals surface area (Å²) in [4.78, 5) is 11.2. The topological polar surface area (TPSA) is 51.0 Å². The Morgan fingerprint density at radius 3 is 2.67 bits per heavy atom. The van der Waals surface area contributed by atoms with Gasteiger partial charge in [0, 0.05) is 12.5 Å². The van der Waals surface area contributed by atoms with Gasteiger partial charge in [0.15, 0.2) is 0 Å². The van der Waals surface area contributed by atoms with E-state index >= 15 is 0 Å². The second-order valence-corrected chi connectivity index (χ2v) is 5.12. The SMILES string of the molecule is C=CC(=O)OC1=CC=C(/C=N/N=C/c2ccc(CC)cc2)C=CC1. The molecule has 1 aliphatic carbocycles. The molecule has 0 aromatic heterocycles. The number of carbonyl (C=O) groups is 1. The lowest BCUT2D eigenvalue weighted by Gasteiger charge is -2.01. The van der Waals surface area contributed by atoms with Crippen molar-refractivity contribution in [2.24, 2.45) is 10.2 Å². The highest BCUT2D eigenvalue weighted by Gasteiger charge is 2.03. The minimum Gasteiger partial charge on any atom is -0.428 e. The van der Waals surface area contributed by atoms with Gasteiger partial charge in [-0.3, -0.25) is 0 Å². The van der Waals surface area contributed by atoms with Crippen LogP contribution in [0, 0.1) is 0 Å². The predicted octanol–water partition coefficient (Wildman–Crippen LogP) is 4.15. The summed E-state index contributed by atoms with van der Waals surface area (Å²) in [5.74, 6) is 0.109. The smallest absolute Gasteiger partial charge is 0.335 e. The summed E-state index contributed by atoms with van der Waals surface area (Å²) in [5.41, 5.74) is 3.18. The van der Waals surface area contributed by atoms with Crippen LogP contribution in [-0.4, -0.2) is 18.4 Å². The highest BCUT2D eigenvalue weighted by atomic mass is 16.5. The summed E-state index contributed by atoms with van der Waals surface area (Å²) in [6.07, 6.45) is 13.4. The van der Waals surface area contributed by atoms with Crippen LogP contribution in [0.5, 0.6) is 0 Å². The van der Waals surface area contributed by atoms with Crippen LogP contribution in [-0.2, 0) is 16.0 Å². The summed E-state index contributed by atoms with van der Waals surface area (Å²) in [7, 11) is 0. The zero-order valence-electron chi connectivity index (χ0n) is 13.7. The highest BCUT2D eigenvalue weighted by molar-refractivity contribution is 5.85. The number of esters is 1. The number of carbonyl (C=O) groups excluding carboxylic acids is 1. The molecule has 4 nitrogen and oxygen atoms in total. The monoisotopic (exact) mass is 320 g/mol.